The molecule has 23 heavy (non-hydrogen) atoms. The van der Waals surface area contributed by atoms with Gasteiger partial charge in [0.1, 0.15) is 5.82 Å². The van der Waals surface area contributed by atoms with Gasteiger partial charge in [-0.2, -0.15) is 0 Å². The molecule has 122 valence electrons. The van der Waals surface area contributed by atoms with Gasteiger partial charge >= 0.3 is 5.97 Å². The number of rotatable bonds is 5. The van der Waals surface area contributed by atoms with Crippen molar-refractivity contribution in [2.75, 3.05) is 7.11 Å². The van der Waals surface area contributed by atoms with Crippen molar-refractivity contribution in [3.63, 3.8) is 0 Å². The van der Waals surface area contributed by atoms with Gasteiger partial charge in [0.05, 0.1) is 19.3 Å². The molecule has 2 rings (SSSR count). The highest BCUT2D eigenvalue weighted by atomic mass is 127. The van der Waals surface area contributed by atoms with Crippen molar-refractivity contribution >= 4 is 57.8 Å². The highest BCUT2D eigenvalue weighted by molar-refractivity contribution is 14.1. The number of aromatic nitrogens is 2. The van der Waals surface area contributed by atoms with E-state index >= 15 is 0 Å². The van der Waals surface area contributed by atoms with Crippen LogP contribution in [0.3, 0.4) is 0 Å². The van der Waals surface area contributed by atoms with E-state index in [1.807, 2.05) is 29.7 Å². The number of methoxy groups -OCH3 is 1. The normalized spacial score (nSPS) is 11.2. The van der Waals surface area contributed by atoms with E-state index in [-0.39, 0.29) is 0 Å². The van der Waals surface area contributed by atoms with Gasteiger partial charge in [0, 0.05) is 21.1 Å². The number of benzene rings is 1. The number of esters is 1. The highest BCUT2D eigenvalue weighted by Gasteiger charge is 2.14. The summed E-state index contributed by atoms with van der Waals surface area (Å²) in [6.07, 6.45) is 3.66. The van der Waals surface area contributed by atoms with Gasteiger partial charge in [-0.05, 0) is 46.4 Å². The number of hydrogen-bond donors (Lipinski definition) is 0. The minimum atomic E-state index is -0.445. The van der Waals surface area contributed by atoms with Crippen molar-refractivity contribution in [1.29, 1.82) is 0 Å². The largest absolute Gasteiger partial charge is 0.466 e. The summed E-state index contributed by atoms with van der Waals surface area (Å²) in [6, 6.07) is 5.88. The lowest BCUT2D eigenvalue weighted by molar-refractivity contribution is -0.134. The van der Waals surface area contributed by atoms with Crippen LogP contribution in [-0.2, 0) is 22.5 Å². The molecule has 0 radical (unpaired) electrons. The predicted molar refractivity (Wildman–Crippen MR) is 101 cm³/mol. The second kappa shape index (κ2) is 8.17. The van der Waals surface area contributed by atoms with Crippen LogP contribution in [0.15, 0.2) is 24.3 Å². The molecule has 0 N–H and O–H groups in total. The zero-order valence-corrected chi connectivity index (χ0v) is 16.3. The molecule has 7 heteroatoms. The average Bonchev–Trinajstić information content (AvgIpc) is 2.82. The number of halogens is 3. The van der Waals surface area contributed by atoms with Gasteiger partial charge in [-0.3, -0.25) is 0 Å². The molecule has 0 amide bonds. The van der Waals surface area contributed by atoms with E-state index in [0.717, 1.165) is 15.0 Å². The lowest BCUT2D eigenvalue weighted by atomic mass is 10.2. The van der Waals surface area contributed by atoms with E-state index in [1.165, 1.54) is 13.2 Å². The first-order chi connectivity index (χ1) is 11.0. The first kappa shape index (κ1) is 18.3. The number of nitrogens with zero attached hydrogens (tertiary/aromatic N) is 2. The van der Waals surface area contributed by atoms with Crippen LogP contribution in [0.2, 0.25) is 10.2 Å². The van der Waals surface area contributed by atoms with E-state index in [2.05, 4.69) is 32.3 Å². The third-order valence-corrected chi connectivity index (χ3v) is 4.58. The zero-order valence-electron chi connectivity index (χ0n) is 12.6. The predicted octanol–water partition coefficient (Wildman–Crippen LogP) is 4.59. The quantitative estimate of drug-likeness (QED) is 0.369. The fourth-order valence-electron chi connectivity index (χ4n) is 2.12. The number of hydrogen-bond acceptors (Lipinski definition) is 3. The summed E-state index contributed by atoms with van der Waals surface area (Å²) in [5, 5.41) is 1.04. The highest BCUT2D eigenvalue weighted by Crippen LogP contribution is 2.25. The van der Waals surface area contributed by atoms with Gasteiger partial charge in [0.25, 0.3) is 0 Å². The monoisotopic (exact) mass is 464 g/mol. The molecule has 2 aromatic rings. The van der Waals surface area contributed by atoms with Gasteiger partial charge in [-0.25, -0.2) is 9.78 Å². The van der Waals surface area contributed by atoms with Gasteiger partial charge in [0.2, 0.25) is 0 Å². The van der Waals surface area contributed by atoms with E-state index in [0.29, 0.717) is 28.8 Å². The van der Waals surface area contributed by atoms with Crippen molar-refractivity contribution in [3.8, 4) is 0 Å². The van der Waals surface area contributed by atoms with Crippen molar-refractivity contribution in [2.45, 2.75) is 19.9 Å². The Morgan fingerprint density at radius 2 is 2.17 bits per heavy atom. The molecule has 0 aliphatic rings. The van der Waals surface area contributed by atoms with E-state index in [4.69, 9.17) is 23.2 Å². The fourth-order valence-corrected chi connectivity index (χ4v) is 3.30. The van der Waals surface area contributed by atoms with Crippen LogP contribution in [0.4, 0.5) is 0 Å². The number of carbonyl (C=O) groups is 1. The Bertz CT molecular complexity index is 757. The number of ether oxygens (including phenoxy) is 1. The second-order valence-electron chi connectivity index (χ2n) is 4.74. The van der Waals surface area contributed by atoms with Gasteiger partial charge in [-0.1, -0.05) is 36.2 Å². The maximum absolute atomic E-state index is 11.3. The number of aryl methyl sites for hydroxylation is 1. The third-order valence-electron chi connectivity index (χ3n) is 3.28. The van der Waals surface area contributed by atoms with Crippen LogP contribution in [-0.4, -0.2) is 22.6 Å². The summed E-state index contributed by atoms with van der Waals surface area (Å²) in [5.74, 6) is 0.383. The second-order valence-corrected chi connectivity index (χ2v) is 6.75. The smallest absolute Gasteiger partial charge is 0.330 e. The van der Waals surface area contributed by atoms with E-state index in [9.17, 15) is 4.79 Å². The molecule has 0 bridgehead atoms. The van der Waals surface area contributed by atoms with Crippen LogP contribution >= 0.6 is 45.8 Å². The maximum Gasteiger partial charge on any atom is 0.330 e. The van der Waals surface area contributed by atoms with E-state index < -0.39 is 5.97 Å². The van der Waals surface area contributed by atoms with Gasteiger partial charge in [0.15, 0.2) is 5.15 Å². The summed E-state index contributed by atoms with van der Waals surface area (Å²) in [4.78, 5) is 15.7. The zero-order chi connectivity index (χ0) is 17.0. The Balaban J connectivity index is 2.43. The molecular formula is C16H15Cl2IN2O2. The Kier molecular flexibility index (Phi) is 6.50. The summed E-state index contributed by atoms with van der Waals surface area (Å²) < 4.78 is 7.64. The Labute approximate surface area is 158 Å². The van der Waals surface area contributed by atoms with E-state index in [1.54, 1.807) is 6.08 Å². The van der Waals surface area contributed by atoms with Crippen LogP contribution in [0.1, 0.15) is 24.0 Å². The third kappa shape index (κ3) is 4.49. The molecular weight excluding hydrogens is 450 g/mol. The van der Waals surface area contributed by atoms with Gasteiger partial charge in [-0.15, -0.1) is 0 Å². The molecule has 0 unspecified atom stereocenters. The Morgan fingerprint density at radius 3 is 2.78 bits per heavy atom. The van der Waals surface area contributed by atoms with Crippen molar-refractivity contribution in [1.82, 2.24) is 9.55 Å². The fraction of sp³-hybridized carbons (Fsp3) is 0.250. The van der Waals surface area contributed by atoms with Crippen molar-refractivity contribution in [2.24, 2.45) is 0 Å². The standard InChI is InChI=1S/C16H15Cl2IN2O2/c1-3-14-20-16(18)13(6-7-15(22)23-2)21(14)9-10-4-5-11(19)8-12(10)17/h4-8H,3,9H2,1-2H3. The molecule has 1 aromatic heterocycles. The summed E-state index contributed by atoms with van der Waals surface area (Å²) in [6.45, 7) is 2.53. The molecule has 1 aromatic carbocycles. The molecule has 0 saturated heterocycles. The molecule has 0 fully saturated rings. The molecule has 0 saturated carbocycles. The average molecular weight is 465 g/mol. The first-order valence-electron chi connectivity index (χ1n) is 6.91. The maximum atomic E-state index is 11.3. The minimum Gasteiger partial charge on any atom is -0.466 e. The lowest BCUT2D eigenvalue weighted by Gasteiger charge is -2.11. The molecule has 0 atom stereocenters. The topological polar surface area (TPSA) is 44.1 Å². The molecule has 0 aliphatic carbocycles. The Morgan fingerprint density at radius 1 is 1.43 bits per heavy atom. The summed E-state index contributed by atoms with van der Waals surface area (Å²) in [7, 11) is 1.33. The summed E-state index contributed by atoms with van der Waals surface area (Å²) >= 11 is 14.8. The molecule has 0 spiro atoms. The molecule has 0 aliphatic heterocycles. The molecule has 1 heterocycles. The number of imidazole rings is 1. The first-order valence-corrected chi connectivity index (χ1v) is 8.74. The SMILES string of the molecule is CCc1nc(Cl)c(C=CC(=O)OC)n1Cc1ccc(I)cc1Cl. The van der Waals surface area contributed by atoms with Crippen LogP contribution in [0.25, 0.3) is 6.08 Å². The summed E-state index contributed by atoms with van der Waals surface area (Å²) in [5.41, 5.74) is 1.62. The lowest BCUT2D eigenvalue weighted by Crippen LogP contribution is -2.07. The van der Waals surface area contributed by atoms with Crippen molar-refractivity contribution in [3.05, 3.63) is 55.1 Å². The van der Waals surface area contributed by atoms with Crippen LogP contribution < -0.4 is 0 Å². The Hall–Kier alpha value is -1.05. The number of carbonyl (C=O) groups excluding carboxylic acids is 1. The van der Waals surface area contributed by atoms with Crippen LogP contribution in [0.5, 0.6) is 0 Å². The van der Waals surface area contributed by atoms with Gasteiger partial charge < -0.3 is 9.30 Å². The van der Waals surface area contributed by atoms with Crippen molar-refractivity contribution < 1.29 is 9.53 Å². The minimum absolute atomic E-state index is 0.351. The molecule has 4 nitrogen and oxygen atoms in total. The van der Waals surface area contributed by atoms with Crippen LogP contribution in [0, 0.1) is 3.57 Å².